The monoisotopic (exact) mass is 226 g/mol. The number of hydrogen-bond donors (Lipinski definition) is 2. The van der Waals surface area contributed by atoms with Gasteiger partial charge in [0.2, 0.25) is 0 Å². The van der Waals surface area contributed by atoms with Gasteiger partial charge in [-0.2, -0.15) is 0 Å². The van der Waals surface area contributed by atoms with Crippen LogP contribution in [0, 0.1) is 0 Å². The normalized spacial score (nSPS) is 16.9. The van der Waals surface area contributed by atoms with Gasteiger partial charge in [-0.25, -0.2) is 4.79 Å². The van der Waals surface area contributed by atoms with E-state index >= 15 is 0 Å². The summed E-state index contributed by atoms with van der Waals surface area (Å²) in [5, 5.41) is 8.96. The molecule has 0 aromatic heterocycles. The molecular weight excluding hydrogens is 212 g/mol. The fraction of sp³-hybridized carbons (Fsp3) is 0.500. The Morgan fingerprint density at radius 2 is 1.88 bits per heavy atom. The lowest BCUT2D eigenvalue weighted by atomic mass is 10.1. The van der Waals surface area contributed by atoms with Crippen LogP contribution < -0.4 is 5.73 Å². The van der Waals surface area contributed by atoms with Crippen molar-refractivity contribution >= 4 is 17.8 Å². The lowest BCUT2D eigenvalue weighted by Crippen LogP contribution is -2.45. The summed E-state index contributed by atoms with van der Waals surface area (Å²) in [6.45, 7) is 0.465. The Kier molecular flexibility index (Phi) is 4.19. The topological polar surface area (TPSA) is 101 Å². The van der Waals surface area contributed by atoms with E-state index in [-0.39, 0.29) is 6.42 Å². The predicted molar refractivity (Wildman–Crippen MR) is 55.3 cm³/mol. The Morgan fingerprint density at radius 3 is 2.31 bits per heavy atom. The quantitative estimate of drug-likeness (QED) is 0.469. The minimum atomic E-state index is -1.16. The zero-order valence-corrected chi connectivity index (χ0v) is 8.76. The highest BCUT2D eigenvalue weighted by atomic mass is 16.4. The number of amides is 2. The number of hydrogen-bond acceptors (Lipinski definition) is 4. The molecule has 16 heavy (non-hydrogen) atoms. The van der Waals surface area contributed by atoms with Gasteiger partial charge in [-0.15, -0.1) is 0 Å². The molecule has 1 aliphatic rings. The summed E-state index contributed by atoms with van der Waals surface area (Å²) < 4.78 is 0. The summed E-state index contributed by atoms with van der Waals surface area (Å²) in [5.74, 6) is -2.29. The molecule has 2 amide bonds. The van der Waals surface area contributed by atoms with Crippen LogP contribution in [0.25, 0.3) is 0 Å². The van der Waals surface area contributed by atoms with E-state index < -0.39 is 23.8 Å². The smallest absolute Gasteiger partial charge is 0.326 e. The van der Waals surface area contributed by atoms with Gasteiger partial charge in [0, 0.05) is 12.2 Å². The number of imide groups is 1. The molecular formula is C10H14N2O4. The third-order valence-electron chi connectivity index (χ3n) is 2.37. The number of carboxylic acid groups (broad SMARTS) is 1. The molecule has 1 unspecified atom stereocenters. The van der Waals surface area contributed by atoms with Crippen LogP contribution >= 0.6 is 0 Å². The van der Waals surface area contributed by atoms with Gasteiger partial charge in [-0.05, 0) is 25.8 Å². The molecule has 0 aliphatic carbocycles. The average Bonchev–Trinajstić information content (AvgIpc) is 2.54. The average molecular weight is 226 g/mol. The van der Waals surface area contributed by atoms with Gasteiger partial charge < -0.3 is 10.8 Å². The molecule has 6 nitrogen and oxygen atoms in total. The largest absolute Gasteiger partial charge is 0.480 e. The molecule has 1 heterocycles. The molecule has 0 saturated carbocycles. The molecule has 0 aromatic rings. The predicted octanol–water partition coefficient (Wildman–Crippen LogP) is -0.506. The maximum absolute atomic E-state index is 11.3. The Bertz CT molecular complexity index is 320. The maximum Gasteiger partial charge on any atom is 0.326 e. The number of aliphatic carboxylic acids is 1. The summed E-state index contributed by atoms with van der Waals surface area (Å²) in [5.41, 5.74) is 5.29. The second-order valence-electron chi connectivity index (χ2n) is 3.52. The molecule has 0 aromatic carbocycles. The molecule has 6 heteroatoms. The van der Waals surface area contributed by atoms with Gasteiger partial charge >= 0.3 is 5.97 Å². The van der Waals surface area contributed by atoms with Crippen molar-refractivity contribution in [1.29, 1.82) is 0 Å². The number of rotatable bonds is 6. The zero-order valence-electron chi connectivity index (χ0n) is 8.76. The summed E-state index contributed by atoms with van der Waals surface area (Å²) in [6, 6.07) is -1.08. The van der Waals surface area contributed by atoms with Crippen LogP contribution in [0.15, 0.2) is 12.2 Å². The van der Waals surface area contributed by atoms with Crippen LogP contribution in [0.4, 0.5) is 0 Å². The Hall–Kier alpha value is -1.69. The second kappa shape index (κ2) is 5.41. The van der Waals surface area contributed by atoms with Crippen molar-refractivity contribution in [2.45, 2.75) is 25.3 Å². The maximum atomic E-state index is 11.3. The number of carboxylic acids is 1. The van der Waals surface area contributed by atoms with Crippen molar-refractivity contribution < 1.29 is 19.5 Å². The standard InChI is InChI=1S/C10H14N2O4/c11-6-2-1-3-7(10(15)16)12-8(13)4-5-9(12)14/h4-5,7H,1-3,6,11H2,(H,15,16). The van der Waals surface area contributed by atoms with Crippen molar-refractivity contribution in [3.05, 3.63) is 12.2 Å². The van der Waals surface area contributed by atoms with E-state index in [1.165, 1.54) is 0 Å². The highest BCUT2D eigenvalue weighted by molar-refractivity contribution is 6.14. The molecule has 0 bridgehead atoms. The molecule has 0 radical (unpaired) electrons. The van der Waals surface area contributed by atoms with Crippen LogP contribution in [0.5, 0.6) is 0 Å². The molecule has 1 aliphatic heterocycles. The third kappa shape index (κ3) is 2.66. The first-order valence-electron chi connectivity index (χ1n) is 5.06. The lowest BCUT2D eigenvalue weighted by molar-refractivity contribution is -0.153. The number of carbonyl (C=O) groups is 3. The first-order chi connectivity index (χ1) is 7.57. The van der Waals surface area contributed by atoms with Crippen molar-refractivity contribution in [1.82, 2.24) is 4.90 Å². The summed E-state index contributed by atoms with van der Waals surface area (Å²) in [4.78, 5) is 34.3. The minimum absolute atomic E-state index is 0.242. The lowest BCUT2D eigenvalue weighted by Gasteiger charge is -2.22. The number of carbonyl (C=O) groups excluding carboxylic acids is 2. The zero-order chi connectivity index (χ0) is 12.1. The third-order valence-corrected chi connectivity index (χ3v) is 2.37. The van der Waals surface area contributed by atoms with Crippen molar-refractivity contribution in [3.63, 3.8) is 0 Å². The summed E-state index contributed by atoms with van der Waals surface area (Å²) in [6.07, 6.45) is 3.66. The molecule has 88 valence electrons. The molecule has 0 spiro atoms. The molecule has 0 fully saturated rings. The summed E-state index contributed by atoms with van der Waals surface area (Å²) >= 11 is 0. The molecule has 1 atom stereocenters. The Balaban J connectivity index is 2.67. The van der Waals surface area contributed by atoms with Crippen LogP contribution in [0.3, 0.4) is 0 Å². The SMILES string of the molecule is NCCCCC(C(=O)O)N1C(=O)C=CC1=O. The van der Waals surface area contributed by atoms with Gasteiger partial charge in [-0.1, -0.05) is 0 Å². The van der Waals surface area contributed by atoms with Gasteiger partial charge in [0.05, 0.1) is 0 Å². The second-order valence-corrected chi connectivity index (χ2v) is 3.52. The highest BCUT2D eigenvalue weighted by Crippen LogP contribution is 2.14. The highest BCUT2D eigenvalue weighted by Gasteiger charge is 2.35. The van der Waals surface area contributed by atoms with Gasteiger partial charge in [0.25, 0.3) is 11.8 Å². The first-order valence-corrected chi connectivity index (χ1v) is 5.06. The van der Waals surface area contributed by atoms with E-state index in [1.807, 2.05) is 0 Å². The van der Waals surface area contributed by atoms with Crippen LogP contribution in [-0.2, 0) is 14.4 Å². The fourth-order valence-electron chi connectivity index (χ4n) is 1.56. The van der Waals surface area contributed by atoms with E-state index in [1.54, 1.807) is 0 Å². The minimum Gasteiger partial charge on any atom is -0.480 e. The number of nitrogens with zero attached hydrogens (tertiary/aromatic N) is 1. The van der Waals surface area contributed by atoms with Crippen molar-refractivity contribution in [2.24, 2.45) is 5.73 Å². The Labute approximate surface area is 92.7 Å². The Morgan fingerprint density at radius 1 is 1.31 bits per heavy atom. The van der Waals surface area contributed by atoms with E-state index in [9.17, 15) is 14.4 Å². The van der Waals surface area contributed by atoms with Gasteiger partial charge in [0.1, 0.15) is 6.04 Å². The van der Waals surface area contributed by atoms with Crippen LogP contribution in [0.1, 0.15) is 19.3 Å². The van der Waals surface area contributed by atoms with E-state index in [2.05, 4.69) is 0 Å². The molecule has 0 saturated heterocycles. The summed E-state index contributed by atoms with van der Waals surface area (Å²) in [7, 11) is 0. The van der Waals surface area contributed by atoms with Crippen LogP contribution in [0.2, 0.25) is 0 Å². The first kappa shape index (κ1) is 12.4. The van der Waals surface area contributed by atoms with Gasteiger partial charge in [0.15, 0.2) is 0 Å². The number of unbranched alkanes of at least 4 members (excludes halogenated alkanes) is 1. The van der Waals surface area contributed by atoms with E-state index in [0.29, 0.717) is 19.4 Å². The van der Waals surface area contributed by atoms with E-state index in [4.69, 9.17) is 10.8 Å². The van der Waals surface area contributed by atoms with Crippen molar-refractivity contribution in [3.8, 4) is 0 Å². The van der Waals surface area contributed by atoms with E-state index in [0.717, 1.165) is 17.1 Å². The fourth-order valence-corrected chi connectivity index (χ4v) is 1.56. The molecule has 1 rings (SSSR count). The molecule has 3 N–H and O–H groups in total. The van der Waals surface area contributed by atoms with Crippen molar-refractivity contribution in [2.75, 3.05) is 6.54 Å². The number of nitrogens with two attached hydrogens (primary N) is 1. The van der Waals surface area contributed by atoms with Gasteiger partial charge in [-0.3, -0.25) is 14.5 Å². The van der Waals surface area contributed by atoms with Crippen LogP contribution in [-0.4, -0.2) is 40.4 Å².